The largest absolute Gasteiger partial charge is 0.466 e. The smallest absolute Gasteiger partial charge is 0.308 e. The molecule has 0 aliphatic carbocycles. The molecule has 182 valence electrons. The van der Waals surface area contributed by atoms with E-state index < -0.39 is 12.0 Å². The molecule has 1 heterocycles. The van der Waals surface area contributed by atoms with Crippen LogP contribution in [0.1, 0.15) is 75.1 Å². The molecule has 2 amide bonds. The molecule has 7 nitrogen and oxygen atoms in total. The Morgan fingerprint density at radius 1 is 1.18 bits per heavy atom. The number of hydrogen-bond donors (Lipinski definition) is 2. The monoisotopic (exact) mass is 587 g/mol. The highest BCUT2D eigenvalue weighted by atomic mass is 127. The number of carbonyl (C=O) groups excluding carboxylic acids is 3. The van der Waals surface area contributed by atoms with Crippen LogP contribution in [0, 0.1) is 3.57 Å². The SMILES string of the molecule is CCCCCCCCCCOC(=O)CC1C(=O)NCCN1C(=S)NC(=O)c1cccc(I)c1. The van der Waals surface area contributed by atoms with Gasteiger partial charge in [0, 0.05) is 22.2 Å². The van der Waals surface area contributed by atoms with Crippen molar-refractivity contribution in [3.63, 3.8) is 0 Å². The Bertz CT molecular complexity index is 821. The molecule has 0 bridgehead atoms. The molecule has 1 aromatic carbocycles. The highest BCUT2D eigenvalue weighted by Crippen LogP contribution is 2.13. The number of piperazine rings is 1. The second-order valence-corrected chi connectivity index (χ2v) is 9.80. The number of carbonyl (C=O) groups is 3. The predicted octanol–water partition coefficient (Wildman–Crippen LogP) is 4.18. The van der Waals surface area contributed by atoms with E-state index in [0.717, 1.165) is 22.8 Å². The molecule has 1 aliphatic heterocycles. The summed E-state index contributed by atoms with van der Waals surface area (Å²) in [7, 11) is 0. The highest BCUT2D eigenvalue weighted by Gasteiger charge is 2.34. The van der Waals surface area contributed by atoms with Gasteiger partial charge in [-0.2, -0.15) is 0 Å². The van der Waals surface area contributed by atoms with Gasteiger partial charge in [0.25, 0.3) is 5.91 Å². The molecular weight excluding hydrogens is 553 g/mol. The van der Waals surface area contributed by atoms with Crippen LogP contribution in [0.5, 0.6) is 0 Å². The first-order chi connectivity index (χ1) is 15.9. The topological polar surface area (TPSA) is 87.7 Å². The van der Waals surface area contributed by atoms with Gasteiger partial charge in [0.05, 0.1) is 13.0 Å². The average molecular weight is 588 g/mol. The number of amides is 2. The number of ether oxygens (including phenoxy) is 1. The van der Waals surface area contributed by atoms with Crippen molar-refractivity contribution in [2.75, 3.05) is 19.7 Å². The number of benzene rings is 1. The number of unbranched alkanes of at least 4 members (excludes halogenated alkanes) is 7. The molecule has 1 atom stereocenters. The van der Waals surface area contributed by atoms with Crippen molar-refractivity contribution in [2.45, 2.75) is 70.8 Å². The van der Waals surface area contributed by atoms with Gasteiger partial charge in [-0.25, -0.2) is 0 Å². The van der Waals surface area contributed by atoms with E-state index >= 15 is 0 Å². The van der Waals surface area contributed by atoms with Crippen molar-refractivity contribution < 1.29 is 19.1 Å². The van der Waals surface area contributed by atoms with Gasteiger partial charge in [-0.1, -0.05) is 57.9 Å². The van der Waals surface area contributed by atoms with Gasteiger partial charge in [0.15, 0.2) is 5.11 Å². The van der Waals surface area contributed by atoms with E-state index in [4.69, 9.17) is 17.0 Å². The van der Waals surface area contributed by atoms with Crippen LogP contribution in [-0.2, 0) is 14.3 Å². The number of rotatable bonds is 12. The minimum absolute atomic E-state index is 0.109. The van der Waals surface area contributed by atoms with Crippen molar-refractivity contribution in [2.24, 2.45) is 0 Å². The van der Waals surface area contributed by atoms with Crippen molar-refractivity contribution in [3.05, 3.63) is 33.4 Å². The summed E-state index contributed by atoms with van der Waals surface area (Å²) in [5.74, 6) is -1.08. The Labute approximate surface area is 215 Å². The lowest BCUT2D eigenvalue weighted by atomic mass is 10.1. The fourth-order valence-electron chi connectivity index (χ4n) is 3.67. The zero-order valence-electron chi connectivity index (χ0n) is 19.2. The Kier molecular flexibility index (Phi) is 12.7. The molecule has 2 rings (SSSR count). The molecule has 0 radical (unpaired) electrons. The van der Waals surface area contributed by atoms with Crippen LogP contribution in [0.15, 0.2) is 24.3 Å². The molecular formula is C24H34IN3O4S. The van der Waals surface area contributed by atoms with Crippen LogP contribution in [-0.4, -0.2) is 53.5 Å². The van der Waals surface area contributed by atoms with Gasteiger partial charge in [0.1, 0.15) is 6.04 Å². The molecule has 1 unspecified atom stereocenters. The predicted molar refractivity (Wildman–Crippen MR) is 141 cm³/mol. The van der Waals surface area contributed by atoms with Gasteiger partial charge in [-0.15, -0.1) is 0 Å². The first kappa shape index (κ1) is 27.5. The van der Waals surface area contributed by atoms with Gasteiger partial charge < -0.3 is 15.0 Å². The summed E-state index contributed by atoms with van der Waals surface area (Å²) in [6, 6.07) is 6.33. The number of nitrogens with zero attached hydrogens (tertiary/aromatic N) is 1. The van der Waals surface area contributed by atoms with Crippen LogP contribution in [0.4, 0.5) is 0 Å². The maximum absolute atomic E-state index is 12.5. The van der Waals surface area contributed by atoms with Gasteiger partial charge >= 0.3 is 5.97 Å². The average Bonchev–Trinajstić information content (AvgIpc) is 2.79. The molecule has 2 N–H and O–H groups in total. The third-order valence-electron chi connectivity index (χ3n) is 5.52. The standard InChI is InChI=1S/C24H34IN3O4S/c1-2-3-4-5-6-7-8-9-15-32-21(29)17-20-23(31)26-13-14-28(20)24(33)27-22(30)18-11-10-12-19(25)16-18/h10-12,16,20H,2-9,13-15,17H2,1H3,(H,26,31)(H,27,30,33). The summed E-state index contributed by atoms with van der Waals surface area (Å²) in [6.07, 6.45) is 9.21. The maximum Gasteiger partial charge on any atom is 0.308 e. The number of thiocarbonyl (C=S) groups is 1. The van der Waals surface area contributed by atoms with E-state index in [2.05, 4.69) is 40.1 Å². The number of esters is 1. The van der Waals surface area contributed by atoms with E-state index in [-0.39, 0.29) is 23.3 Å². The molecule has 33 heavy (non-hydrogen) atoms. The summed E-state index contributed by atoms with van der Waals surface area (Å²) in [4.78, 5) is 38.9. The maximum atomic E-state index is 12.5. The molecule has 1 aromatic rings. The first-order valence-corrected chi connectivity index (χ1v) is 13.2. The Balaban J connectivity index is 1.78. The summed E-state index contributed by atoms with van der Waals surface area (Å²) in [5, 5.41) is 5.58. The van der Waals surface area contributed by atoms with Gasteiger partial charge in [-0.3, -0.25) is 19.7 Å². The van der Waals surface area contributed by atoms with Crippen molar-refractivity contribution >= 4 is 57.7 Å². The second-order valence-electron chi connectivity index (χ2n) is 8.17. The molecule has 0 aromatic heterocycles. The molecule has 0 saturated carbocycles. The first-order valence-electron chi connectivity index (χ1n) is 11.7. The summed E-state index contributed by atoms with van der Waals surface area (Å²) >= 11 is 7.53. The Morgan fingerprint density at radius 2 is 1.88 bits per heavy atom. The highest BCUT2D eigenvalue weighted by molar-refractivity contribution is 14.1. The van der Waals surface area contributed by atoms with Crippen LogP contribution in [0.2, 0.25) is 0 Å². The summed E-state index contributed by atoms with van der Waals surface area (Å²) < 4.78 is 6.28. The van der Waals surface area contributed by atoms with Crippen LogP contribution < -0.4 is 10.6 Å². The van der Waals surface area contributed by atoms with Gasteiger partial charge in [0.2, 0.25) is 5.91 Å². The lowest BCUT2D eigenvalue weighted by Crippen LogP contribution is -2.60. The molecule has 1 saturated heterocycles. The minimum atomic E-state index is -0.798. The van der Waals surface area contributed by atoms with Crippen molar-refractivity contribution in [1.29, 1.82) is 0 Å². The van der Waals surface area contributed by atoms with Gasteiger partial charge in [-0.05, 0) is 59.4 Å². The van der Waals surface area contributed by atoms with E-state index in [1.54, 1.807) is 23.1 Å². The van der Waals surface area contributed by atoms with E-state index in [1.165, 1.54) is 32.1 Å². The fraction of sp³-hybridized carbons (Fsp3) is 0.583. The summed E-state index contributed by atoms with van der Waals surface area (Å²) in [6.45, 7) is 3.37. The second kappa shape index (κ2) is 15.2. The van der Waals surface area contributed by atoms with Crippen molar-refractivity contribution in [1.82, 2.24) is 15.5 Å². The Morgan fingerprint density at radius 3 is 2.58 bits per heavy atom. The summed E-state index contributed by atoms with van der Waals surface area (Å²) in [5.41, 5.74) is 0.479. The van der Waals surface area contributed by atoms with Crippen LogP contribution in [0.25, 0.3) is 0 Å². The number of nitrogens with one attached hydrogen (secondary N) is 2. The molecule has 9 heteroatoms. The lowest BCUT2D eigenvalue weighted by molar-refractivity contribution is -0.147. The Hall–Kier alpha value is -1.75. The minimum Gasteiger partial charge on any atom is -0.466 e. The van der Waals surface area contributed by atoms with Crippen molar-refractivity contribution in [3.8, 4) is 0 Å². The number of hydrogen-bond acceptors (Lipinski definition) is 5. The lowest BCUT2D eigenvalue weighted by Gasteiger charge is -2.36. The van der Waals surface area contributed by atoms with Crippen LogP contribution in [0.3, 0.4) is 0 Å². The molecule has 1 fully saturated rings. The van der Waals surface area contributed by atoms with E-state index in [0.29, 0.717) is 25.3 Å². The quantitative estimate of drug-likeness (QED) is 0.165. The van der Waals surface area contributed by atoms with Crippen LogP contribution >= 0.6 is 34.8 Å². The third kappa shape index (κ3) is 9.95. The normalized spacial score (nSPS) is 15.6. The fourth-order valence-corrected chi connectivity index (χ4v) is 4.52. The third-order valence-corrected chi connectivity index (χ3v) is 6.53. The number of halogens is 1. The zero-order valence-corrected chi connectivity index (χ0v) is 22.2. The van der Waals surface area contributed by atoms with E-state index in [1.807, 2.05) is 6.07 Å². The molecule has 0 spiro atoms. The molecule has 1 aliphatic rings. The van der Waals surface area contributed by atoms with E-state index in [9.17, 15) is 14.4 Å². The zero-order chi connectivity index (χ0) is 24.1.